The molecule has 0 atom stereocenters. The maximum absolute atomic E-state index is 2.41. The molecular formula is C8H9I2-. The molecule has 0 heterocycles. The first-order valence-electron chi connectivity index (χ1n) is 3.18. The zero-order valence-corrected chi connectivity index (χ0v) is 10.1. The van der Waals surface area contributed by atoms with Gasteiger partial charge in [-0.25, -0.2) is 0 Å². The van der Waals surface area contributed by atoms with Crippen LogP contribution in [0.2, 0.25) is 0 Å². The molecule has 10 heavy (non-hydrogen) atoms. The topological polar surface area (TPSA) is 0 Å². The average Bonchev–Trinajstić information content (AvgIpc) is 1.94. The second-order valence-electron chi connectivity index (χ2n) is 1.82. The van der Waals surface area contributed by atoms with Crippen LogP contribution >= 0.6 is 22.6 Å². The average molecular weight is 359 g/mol. The minimum absolute atomic E-state index is 0.301. The fourth-order valence-corrected chi connectivity index (χ4v) is 3.87. The van der Waals surface area contributed by atoms with Crippen LogP contribution in [-0.4, -0.2) is 4.43 Å². The number of benzene rings is 1. The van der Waals surface area contributed by atoms with E-state index in [1.165, 1.54) is 8.00 Å². The van der Waals surface area contributed by atoms with Gasteiger partial charge < -0.3 is 0 Å². The molecule has 1 aromatic carbocycles. The molecule has 0 radical (unpaired) electrons. The zero-order chi connectivity index (χ0) is 7.40. The number of hydrogen-bond donors (Lipinski definition) is 0. The number of hydrogen-bond acceptors (Lipinski definition) is 0. The van der Waals surface area contributed by atoms with E-state index in [0.717, 1.165) is 0 Å². The van der Waals surface area contributed by atoms with Gasteiger partial charge in [0.1, 0.15) is 0 Å². The van der Waals surface area contributed by atoms with Crippen LogP contribution in [0.1, 0.15) is 6.92 Å². The molecule has 0 aromatic heterocycles. The zero-order valence-electron chi connectivity index (χ0n) is 5.77. The van der Waals surface area contributed by atoms with Gasteiger partial charge in [0.05, 0.1) is 0 Å². The van der Waals surface area contributed by atoms with Gasteiger partial charge in [-0.15, -0.1) is 0 Å². The molecule has 0 saturated carbocycles. The molecular weight excluding hydrogens is 350 g/mol. The molecule has 1 rings (SSSR count). The third kappa shape index (κ3) is 2.38. The molecule has 0 aliphatic carbocycles. The summed E-state index contributed by atoms with van der Waals surface area (Å²) in [6.07, 6.45) is 0. The van der Waals surface area contributed by atoms with Gasteiger partial charge in [-0.1, -0.05) is 0 Å². The van der Waals surface area contributed by atoms with Gasteiger partial charge in [0, 0.05) is 0 Å². The summed E-state index contributed by atoms with van der Waals surface area (Å²) in [7, 11) is 0. The Labute approximate surface area is 85.8 Å². The van der Waals surface area contributed by atoms with Gasteiger partial charge >= 0.3 is 86.6 Å². The Morgan fingerprint density at radius 2 is 2.10 bits per heavy atom. The molecule has 0 saturated heterocycles. The van der Waals surface area contributed by atoms with Crippen molar-refractivity contribution in [3.05, 3.63) is 31.4 Å². The van der Waals surface area contributed by atoms with E-state index >= 15 is 0 Å². The summed E-state index contributed by atoms with van der Waals surface area (Å²) < 4.78 is 4.37. The van der Waals surface area contributed by atoms with Crippen molar-refractivity contribution in [2.45, 2.75) is 6.92 Å². The van der Waals surface area contributed by atoms with Gasteiger partial charge in [0.25, 0.3) is 0 Å². The van der Waals surface area contributed by atoms with Crippen molar-refractivity contribution < 1.29 is 21.2 Å². The number of halogens is 2. The Bertz CT molecular complexity index is 208. The van der Waals surface area contributed by atoms with Crippen LogP contribution < -0.4 is 21.2 Å². The van der Waals surface area contributed by atoms with Crippen LogP contribution in [0.25, 0.3) is 0 Å². The summed E-state index contributed by atoms with van der Waals surface area (Å²) in [5, 5.41) is 0. The van der Waals surface area contributed by atoms with Gasteiger partial charge in [-0.05, 0) is 0 Å². The third-order valence-electron chi connectivity index (χ3n) is 1.10. The summed E-state index contributed by atoms with van der Waals surface area (Å²) in [6.45, 7) is 2.26. The molecule has 56 valence electrons. The molecule has 0 aliphatic heterocycles. The van der Waals surface area contributed by atoms with Crippen LogP contribution in [0.5, 0.6) is 0 Å². The Kier molecular flexibility index (Phi) is 3.98. The van der Waals surface area contributed by atoms with E-state index in [4.69, 9.17) is 0 Å². The van der Waals surface area contributed by atoms with Crippen molar-refractivity contribution in [1.82, 2.24) is 0 Å². The molecule has 0 nitrogen and oxygen atoms in total. The van der Waals surface area contributed by atoms with Gasteiger partial charge in [-0.2, -0.15) is 0 Å². The molecule has 2 heteroatoms. The molecule has 0 aliphatic rings. The summed E-state index contributed by atoms with van der Waals surface area (Å²) >= 11 is 2.71. The van der Waals surface area contributed by atoms with Crippen molar-refractivity contribution in [3.8, 4) is 0 Å². The van der Waals surface area contributed by atoms with Crippen LogP contribution in [0.3, 0.4) is 0 Å². The standard InChI is InChI=1S/C8H9I2/c1-2-10-8-6-4-3-5-7(8)9/h3-6H,2H2,1H3/q-1. The normalized spacial score (nSPS) is 10.2. The van der Waals surface area contributed by atoms with Gasteiger partial charge in [0.15, 0.2) is 0 Å². The first-order valence-corrected chi connectivity index (χ1v) is 6.86. The molecule has 0 bridgehead atoms. The van der Waals surface area contributed by atoms with E-state index in [-0.39, 0.29) is 0 Å². The van der Waals surface area contributed by atoms with Crippen molar-refractivity contribution in [1.29, 1.82) is 0 Å². The van der Waals surface area contributed by atoms with E-state index in [1.807, 2.05) is 0 Å². The van der Waals surface area contributed by atoms with E-state index < -0.39 is 0 Å². The van der Waals surface area contributed by atoms with E-state index in [0.29, 0.717) is 21.2 Å². The summed E-state index contributed by atoms with van der Waals surface area (Å²) in [5.41, 5.74) is 0. The van der Waals surface area contributed by atoms with Crippen molar-refractivity contribution in [2.75, 3.05) is 4.43 Å². The van der Waals surface area contributed by atoms with E-state index in [9.17, 15) is 0 Å². The summed E-state index contributed by atoms with van der Waals surface area (Å²) in [5.74, 6) is 0. The summed E-state index contributed by atoms with van der Waals surface area (Å²) in [6, 6.07) is 8.67. The molecule has 0 spiro atoms. The molecule has 0 fully saturated rings. The van der Waals surface area contributed by atoms with Crippen LogP contribution in [0, 0.1) is 7.14 Å². The fraction of sp³-hybridized carbons (Fsp3) is 0.250. The predicted molar refractivity (Wildman–Crippen MR) is 48.4 cm³/mol. The Morgan fingerprint density at radius 1 is 1.40 bits per heavy atom. The predicted octanol–water partition coefficient (Wildman–Crippen LogP) is -0.430. The number of rotatable bonds is 2. The second kappa shape index (κ2) is 4.54. The van der Waals surface area contributed by atoms with Crippen LogP contribution in [-0.2, 0) is 0 Å². The summed E-state index contributed by atoms with van der Waals surface area (Å²) in [4.78, 5) is 0. The van der Waals surface area contributed by atoms with Gasteiger partial charge in [-0.3, -0.25) is 0 Å². The molecule has 0 amide bonds. The number of alkyl halides is 1. The SMILES string of the molecule is CC[I-]c1ccccc1I. The van der Waals surface area contributed by atoms with E-state index in [2.05, 4.69) is 53.8 Å². The first kappa shape index (κ1) is 8.77. The second-order valence-corrected chi connectivity index (χ2v) is 6.43. The van der Waals surface area contributed by atoms with Crippen molar-refractivity contribution in [2.24, 2.45) is 0 Å². The Balaban J connectivity index is 2.81. The molecule has 0 N–H and O–H groups in total. The molecule has 0 unspecified atom stereocenters. The fourth-order valence-electron chi connectivity index (χ4n) is 0.692. The first-order chi connectivity index (χ1) is 4.84. The Morgan fingerprint density at radius 3 is 2.70 bits per heavy atom. The monoisotopic (exact) mass is 359 g/mol. The van der Waals surface area contributed by atoms with Crippen LogP contribution in [0.4, 0.5) is 0 Å². The van der Waals surface area contributed by atoms with E-state index in [1.54, 1.807) is 3.57 Å². The quantitative estimate of drug-likeness (QED) is 0.497. The Hall–Kier alpha value is 0.680. The van der Waals surface area contributed by atoms with Crippen molar-refractivity contribution >= 4 is 22.6 Å². The minimum atomic E-state index is 0.301. The maximum atomic E-state index is 2.41. The molecule has 1 aromatic rings. The van der Waals surface area contributed by atoms with Gasteiger partial charge in [0.2, 0.25) is 0 Å². The van der Waals surface area contributed by atoms with Crippen LogP contribution in [0.15, 0.2) is 24.3 Å². The third-order valence-corrected chi connectivity index (χ3v) is 5.60. The van der Waals surface area contributed by atoms with Crippen molar-refractivity contribution in [3.63, 3.8) is 0 Å².